The molecule has 164 valence electrons. The van der Waals surface area contributed by atoms with Crippen molar-refractivity contribution in [3.63, 3.8) is 0 Å². The summed E-state index contributed by atoms with van der Waals surface area (Å²) in [5, 5.41) is 10.9. The molecule has 2 atom stereocenters. The monoisotopic (exact) mass is 410 g/mol. The standard InChI is InChI=1S/C19H29NO4.C2H5NO2/c1-7-15-10-12(4)11-16(8-2)17(15)20-13(5)18(21)24-14(6)19(22)23-9-3;3-1-2(4)5/h10-11,13-14,20H,7-9H2,1-6H3;1,3H2,(H,4,5)/t13-,14?;/m0./s1. The van der Waals surface area contributed by atoms with E-state index in [2.05, 4.69) is 44.0 Å². The third-order valence-corrected chi connectivity index (χ3v) is 4.01. The molecule has 0 aliphatic rings. The molecule has 1 aromatic rings. The summed E-state index contributed by atoms with van der Waals surface area (Å²) in [4.78, 5) is 33.1. The Morgan fingerprint density at radius 1 is 1.07 bits per heavy atom. The molecule has 0 amide bonds. The highest BCUT2D eigenvalue weighted by molar-refractivity contribution is 5.83. The number of hydrogen-bond acceptors (Lipinski definition) is 7. The van der Waals surface area contributed by atoms with Gasteiger partial charge in [0.1, 0.15) is 6.04 Å². The van der Waals surface area contributed by atoms with E-state index >= 15 is 0 Å². The number of carbonyl (C=O) groups is 3. The van der Waals surface area contributed by atoms with E-state index in [1.807, 2.05) is 0 Å². The average Bonchev–Trinajstić information content (AvgIpc) is 2.68. The lowest BCUT2D eigenvalue weighted by Crippen LogP contribution is -2.35. The van der Waals surface area contributed by atoms with E-state index in [0.29, 0.717) is 0 Å². The van der Waals surface area contributed by atoms with Gasteiger partial charge in [0, 0.05) is 5.69 Å². The summed E-state index contributed by atoms with van der Waals surface area (Å²) in [6.45, 7) is 11.2. The van der Waals surface area contributed by atoms with Crippen LogP contribution < -0.4 is 11.1 Å². The van der Waals surface area contributed by atoms with Crippen molar-refractivity contribution in [3.05, 3.63) is 28.8 Å². The highest BCUT2D eigenvalue weighted by Gasteiger charge is 2.23. The van der Waals surface area contributed by atoms with E-state index < -0.39 is 30.1 Å². The van der Waals surface area contributed by atoms with E-state index in [-0.39, 0.29) is 13.2 Å². The molecular formula is C21H34N2O6. The number of carboxylic acids is 1. The molecular weight excluding hydrogens is 376 g/mol. The second-order valence-corrected chi connectivity index (χ2v) is 6.46. The highest BCUT2D eigenvalue weighted by Crippen LogP contribution is 2.25. The van der Waals surface area contributed by atoms with Crippen LogP contribution in [0.3, 0.4) is 0 Å². The van der Waals surface area contributed by atoms with Crippen LogP contribution in [0.1, 0.15) is 51.3 Å². The average molecular weight is 411 g/mol. The Balaban J connectivity index is 0.00000139. The Morgan fingerprint density at radius 2 is 1.55 bits per heavy atom. The zero-order valence-corrected chi connectivity index (χ0v) is 18.2. The number of rotatable bonds is 9. The van der Waals surface area contributed by atoms with Gasteiger partial charge in [-0.25, -0.2) is 9.59 Å². The van der Waals surface area contributed by atoms with Crippen molar-refractivity contribution in [2.45, 2.75) is 66.5 Å². The lowest BCUT2D eigenvalue weighted by atomic mass is 9.99. The zero-order chi connectivity index (χ0) is 22.6. The van der Waals surface area contributed by atoms with E-state index in [4.69, 9.17) is 14.6 Å². The number of aryl methyl sites for hydroxylation is 3. The molecule has 0 radical (unpaired) electrons. The largest absolute Gasteiger partial charge is 0.480 e. The maximum absolute atomic E-state index is 12.2. The first-order chi connectivity index (χ1) is 13.6. The van der Waals surface area contributed by atoms with Gasteiger partial charge in [0.05, 0.1) is 13.2 Å². The summed E-state index contributed by atoms with van der Waals surface area (Å²) in [5.41, 5.74) is 9.11. The van der Waals surface area contributed by atoms with Crippen LogP contribution in [0, 0.1) is 6.92 Å². The number of ether oxygens (including phenoxy) is 2. The first kappa shape index (κ1) is 26.4. The van der Waals surface area contributed by atoms with Gasteiger partial charge in [0.2, 0.25) is 0 Å². The maximum Gasteiger partial charge on any atom is 0.347 e. The molecule has 8 heteroatoms. The van der Waals surface area contributed by atoms with E-state index in [9.17, 15) is 14.4 Å². The second kappa shape index (κ2) is 13.5. The maximum atomic E-state index is 12.2. The van der Waals surface area contributed by atoms with Crippen LogP contribution >= 0.6 is 0 Å². The molecule has 0 aliphatic heterocycles. The van der Waals surface area contributed by atoms with Crippen LogP contribution in [0.15, 0.2) is 12.1 Å². The Bertz CT molecular complexity index is 665. The number of carbonyl (C=O) groups excluding carboxylic acids is 2. The Labute approximate surface area is 172 Å². The first-order valence-corrected chi connectivity index (χ1v) is 9.78. The minimum atomic E-state index is -0.968. The summed E-state index contributed by atoms with van der Waals surface area (Å²) in [6.07, 6.45) is 0.840. The Morgan fingerprint density at radius 3 is 1.93 bits per heavy atom. The fourth-order valence-electron chi connectivity index (χ4n) is 2.54. The number of anilines is 1. The van der Waals surface area contributed by atoms with Crippen LogP contribution in [0.5, 0.6) is 0 Å². The van der Waals surface area contributed by atoms with E-state index in [1.165, 1.54) is 23.6 Å². The van der Waals surface area contributed by atoms with Crippen LogP contribution in [0.25, 0.3) is 0 Å². The molecule has 0 heterocycles. The molecule has 4 N–H and O–H groups in total. The number of benzene rings is 1. The molecule has 8 nitrogen and oxygen atoms in total. The molecule has 0 aliphatic carbocycles. The number of carboxylic acid groups (broad SMARTS) is 1. The van der Waals surface area contributed by atoms with Gasteiger partial charge in [0.25, 0.3) is 0 Å². The molecule has 0 fully saturated rings. The van der Waals surface area contributed by atoms with Crippen LogP contribution in [0.2, 0.25) is 0 Å². The lowest BCUT2D eigenvalue weighted by Gasteiger charge is -2.21. The number of aliphatic carboxylic acids is 1. The fourth-order valence-corrected chi connectivity index (χ4v) is 2.54. The summed E-state index contributed by atoms with van der Waals surface area (Å²) in [5.74, 6) is -1.97. The number of nitrogens with one attached hydrogen (secondary N) is 1. The van der Waals surface area contributed by atoms with Gasteiger partial charge >= 0.3 is 17.9 Å². The third kappa shape index (κ3) is 9.43. The van der Waals surface area contributed by atoms with Crippen LogP contribution in [-0.2, 0) is 36.7 Å². The smallest absolute Gasteiger partial charge is 0.347 e. The van der Waals surface area contributed by atoms with Crippen molar-refractivity contribution >= 4 is 23.6 Å². The van der Waals surface area contributed by atoms with Crippen molar-refractivity contribution in [3.8, 4) is 0 Å². The summed E-state index contributed by atoms with van der Waals surface area (Å²) in [7, 11) is 0. The van der Waals surface area contributed by atoms with Gasteiger partial charge in [-0.3, -0.25) is 4.79 Å². The summed E-state index contributed by atoms with van der Waals surface area (Å²) in [6, 6.07) is 3.70. The molecule has 0 aromatic heterocycles. The quantitative estimate of drug-likeness (QED) is 0.530. The van der Waals surface area contributed by atoms with Gasteiger partial charge in [-0.1, -0.05) is 31.5 Å². The van der Waals surface area contributed by atoms with Gasteiger partial charge in [-0.15, -0.1) is 0 Å². The molecule has 1 aromatic carbocycles. The predicted octanol–water partition coefficient (Wildman–Crippen LogP) is 2.44. The minimum Gasteiger partial charge on any atom is -0.480 e. The predicted molar refractivity (Wildman–Crippen MR) is 112 cm³/mol. The minimum absolute atomic E-state index is 0.262. The lowest BCUT2D eigenvalue weighted by molar-refractivity contribution is -0.166. The van der Waals surface area contributed by atoms with Crippen LogP contribution in [-0.4, -0.2) is 48.3 Å². The first-order valence-electron chi connectivity index (χ1n) is 9.78. The summed E-state index contributed by atoms with van der Waals surface area (Å²) >= 11 is 0. The van der Waals surface area contributed by atoms with Gasteiger partial charge in [-0.2, -0.15) is 0 Å². The van der Waals surface area contributed by atoms with Crippen molar-refractivity contribution in [1.29, 1.82) is 0 Å². The molecule has 29 heavy (non-hydrogen) atoms. The SMILES string of the molecule is CCOC(=O)C(C)OC(=O)[C@H](C)Nc1c(CC)cc(C)cc1CC.NCC(=O)O. The number of esters is 2. The molecule has 1 rings (SSSR count). The van der Waals surface area contributed by atoms with Crippen molar-refractivity contribution < 1.29 is 29.0 Å². The Kier molecular flexibility index (Phi) is 12.3. The fraction of sp³-hybridized carbons (Fsp3) is 0.571. The molecule has 1 unspecified atom stereocenters. The van der Waals surface area contributed by atoms with Crippen molar-refractivity contribution in [1.82, 2.24) is 0 Å². The molecule has 0 saturated carbocycles. The van der Waals surface area contributed by atoms with Gasteiger partial charge in [-0.05, 0) is 51.7 Å². The summed E-state index contributed by atoms with van der Waals surface area (Å²) < 4.78 is 10.0. The van der Waals surface area contributed by atoms with Crippen molar-refractivity contribution in [2.75, 3.05) is 18.5 Å². The van der Waals surface area contributed by atoms with E-state index in [0.717, 1.165) is 18.5 Å². The Hall–Kier alpha value is -2.61. The van der Waals surface area contributed by atoms with Crippen molar-refractivity contribution in [2.24, 2.45) is 5.73 Å². The topological polar surface area (TPSA) is 128 Å². The zero-order valence-electron chi connectivity index (χ0n) is 18.2. The second-order valence-electron chi connectivity index (χ2n) is 6.46. The van der Waals surface area contributed by atoms with Gasteiger partial charge in [0.15, 0.2) is 6.10 Å². The normalized spacial score (nSPS) is 12.1. The van der Waals surface area contributed by atoms with E-state index in [1.54, 1.807) is 13.8 Å². The van der Waals surface area contributed by atoms with Crippen LogP contribution in [0.4, 0.5) is 5.69 Å². The molecule has 0 bridgehead atoms. The molecule has 0 spiro atoms. The number of nitrogens with two attached hydrogens (primary N) is 1. The number of hydrogen-bond donors (Lipinski definition) is 3. The third-order valence-electron chi connectivity index (χ3n) is 4.01. The molecule has 0 saturated heterocycles. The highest BCUT2D eigenvalue weighted by atomic mass is 16.6. The van der Waals surface area contributed by atoms with Gasteiger partial charge < -0.3 is 25.6 Å².